The monoisotopic (exact) mass is 291 g/mol. The van der Waals surface area contributed by atoms with Crippen LogP contribution >= 0.6 is 0 Å². The molecule has 8 nitrogen and oxygen atoms in total. The summed E-state index contributed by atoms with van der Waals surface area (Å²) in [5.41, 5.74) is 13.3. The number of carboxylic acids is 1. The molecule has 4 N–H and O–H groups in total. The van der Waals surface area contributed by atoms with Gasteiger partial charge in [-0.3, -0.25) is 10.7 Å². The number of nitrogens with zero attached hydrogens (tertiary/aromatic N) is 4. The van der Waals surface area contributed by atoms with Gasteiger partial charge in [-0.15, -0.1) is 4.70 Å². The van der Waals surface area contributed by atoms with Gasteiger partial charge in [-0.25, -0.2) is 14.8 Å². The average molecular weight is 291 g/mol. The van der Waals surface area contributed by atoms with E-state index in [0.717, 1.165) is 5.69 Å². The van der Waals surface area contributed by atoms with E-state index in [9.17, 15) is 4.79 Å². The maximum absolute atomic E-state index is 11.1. The molecule has 0 aromatic carbocycles. The molecule has 1 atom stereocenters. The van der Waals surface area contributed by atoms with Crippen molar-refractivity contribution in [2.75, 3.05) is 13.2 Å². The summed E-state index contributed by atoms with van der Waals surface area (Å²) in [7, 11) is 0. The molecule has 21 heavy (non-hydrogen) atoms. The Morgan fingerprint density at radius 2 is 2.43 bits per heavy atom. The quantitative estimate of drug-likeness (QED) is 0.268. The summed E-state index contributed by atoms with van der Waals surface area (Å²) >= 11 is 0. The first kappa shape index (κ1) is 16.6. The second-order valence-electron chi connectivity index (χ2n) is 4.23. The number of aliphatic imine (C=N–C) groups is 1. The average Bonchev–Trinajstić information content (AvgIpc) is 2.50. The lowest BCUT2D eigenvalue weighted by Gasteiger charge is -2.04. The second kappa shape index (κ2) is 9.43. The van der Waals surface area contributed by atoms with E-state index in [1.165, 1.54) is 17.2 Å². The van der Waals surface area contributed by atoms with Gasteiger partial charge in [0.2, 0.25) is 6.67 Å². The molecule has 0 aliphatic carbocycles. The normalized spacial score (nSPS) is 12.8. The molecule has 1 aromatic rings. The Balaban J connectivity index is 2.46. The van der Waals surface area contributed by atoms with Crippen LogP contribution in [0.1, 0.15) is 18.5 Å². The smallest absolute Gasteiger partial charge is 0.328 e. The summed E-state index contributed by atoms with van der Waals surface area (Å²) in [6.45, 7) is 0.551. The van der Waals surface area contributed by atoms with E-state index < -0.39 is 12.0 Å². The van der Waals surface area contributed by atoms with E-state index in [1.54, 1.807) is 24.4 Å². The largest absolute Gasteiger partial charge is 0.480 e. The number of nitrogens with two attached hydrogens (primary N) is 1. The molecule has 0 saturated heterocycles. The van der Waals surface area contributed by atoms with Crippen molar-refractivity contribution in [2.24, 2.45) is 10.7 Å². The third-order valence-electron chi connectivity index (χ3n) is 2.63. The van der Waals surface area contributed by atoms with Gasteiger partial charge in [-0.1, -0.05) is 5.53 Å². The lowest BCUT2D eigenvalue weighted by Crippen LogP contribution is -2.22. The van der Waals surface area contributed by atoms with Crippen LogP contribution in [0.25, 0.3) is 6.08 Å². The fraction of sp³-hybridized carbons (Fsp3) is 0.385. The summed E-state index contributed by atoms with van der Waals surface area (Å²) < 4.78 is 1.18. The third-order valence-corrected chi connectivity index (χ3v) is 2.63. The molecule has 0 unspecified atom stereocenters. The number of aliphatic carboxylic acids is 1. The third kappa shape index (κ3) is 7.02. The molecule has 0 amide bonds. The summed E-state index contributed by atoms with van der Waals surface area (Å²) in [6.07, 6.45) is 8.75. The minimum atomic E-state index is -0.981. The van der Waals surface area contributed by atoms with Gasteiger partial charge in [0.05, 0.1) is 5.69 Å². The van der Waals surface area contributed by atoms with Crippen molar-refractivity contribution in [3.63, 3.8) is 0 Å². The highest BCUT2D eigenvalue weighted by Gasteiger charge is 2.15. The molecule has 112 valence electrons. The van der Waals surface area contributed by atoms with Gasteiger partial charge in [0.1, 0.15) is 12.4 Å². The topological polar surface area (TPSA) is 128 Å². The van der Waals surface area contributed by atoms with Crippen molar-refractivity contribution in [1.82, 2.24) is 9.97 Å². The van der Waals surface area contributed by atoms with Gasteiger partial charge in [0.25, 0.3) is 0 Å². The predicted octanol–water partition coefficient (Wildman–Crippen LogP) is 0.754. The number of aromatic nitrogens is 2. The molecule has 1 rings (SSSR count). The number of nitrogens with one attached hydrogen (secondary N) is 1. The van der Waals surface area contributed by atoms with Crippen LogP contribution in [0.15, 0.2) is 29.7 Å². The Kier molecular flexibility index (Phi) is 7.44. The van der Waals surface area contributed by atoms with Crippen LogP contribution < -0.4 is 5.73 Å². The molecule has 0 saturated carbocycles. The van der Waals surface area contributed by atoms with Gasteiger partial charge in [-0.2, -0.15) is 0 Å². The molecule has 0 aliphatic rings. The Labute approximate surface area is 122 Å². The lowest BCUT2D eigenvalue weighted by molar-refractivity contribution is -0.614. The standard InChI is InChI=1S/C13H18N6O2/c14-9-19(15)8-2-4-12(13(20)21)17-6-1-3-11-5-7-16-10-18-11/h1,3,5-7,10,12,15H,2,4,8-9,14H2/p+1/b3-1+,17-6?,19-15?/t12-/m0/s1. The zero-order chi connectivity index (χ0) is 15.5. The first-order chi connectivity index (χ1) is 10.1. The molecule has 0 spiro atoms. The van der Waals surface area contributed by atoms with E-state index in [1.807, 2.05) is 0 Å². The summed E-state index contributed by atoms with van der Waals surface area (Å²) in [6, 6.07) is 0.917. The molecule has 0 radical (unpaired) electrons. The van der Waals surface area contributed by atoms with Crippen LogP contribution in [-0.2, 0) is 4.79 Å². The van der Waals surface area contributed by atoms with Gasteiger partial charge in [0.15, 0.2) is 6.54 Å². The minimum absolute atomic E-state index is 0.128. The first-order valence-electron chi connectivity index (χ1n) is 6.48. The maximum Gasteiger partial charge on any atom is 0.328 e. The fourth-order valence-electron chi connectivity index (χ4n) is 1.52. The fourth-order valence-corrected chi connectivity index (χ4v) is 1.52. The highest BCUT2D eigenvalue weighted by atomic mass is 16.4. The van der Waals surface area contributed by atoms with Crippen LogP contribution in [0.5, 0.6) is 0 Å². The number of carboxylic acid groups (broad SMARTS) is 1. The summed E-state index contributed by atoms with van der Waals surface area (Å²) in [4.78, 5) is 22.9. The Morgan fingerprint density at radius 1 is 1.62 bits per heavy atom. The maximum atomic E-state index is 11.1. The molecule has 8 heteroatoms. The molecule has 0 aliphatic heterocycles. The zero-order valence-electron chi connectivity index (χ0n) is 11.6. The number of rotatable bonds is 9. The highest BCUT2D eigenvalue weighted by molar-refractivity contribution is 5.81. The van der Waals surface area contributed by atoms with Gasteiger partial charge in [0, 0.05) is 18.8 Å². The van der Waals surface area contributed by atoms with Gasteiger partial charge < -0.3 is 5.11 Å². The molecule has 0 fully saturated rings. The van der Waals surface area contributed by atoms with E-state index >= 15 is 0 Å². The summed E-state index contributed by atoms with van der Waals surface area (Å²) in [5, 5.41) is 9.07. The van der Waals surface area contributed by atoms with E-state index in [4.69, 9.17) is 16.4 Å². The van der Waals surface area contributed by atoms with Crippen LogP contribution in [0.2, 0.25) is 0 Å². The van der Waals surface area contributed by atoms with Crippen molar-refractivity contribution in [1.29, 1.82) is 5.53 Å². The van der Waals surface area contributed by atoms with E-state index in [2.05, 4.69) is 15.0 Å². The Hall–Kier alpha value is -2.48. The highest BCUT2D eigenvalue weighted by Crippen LogP contribution is 2.03. The van der Waals surface area contributed by atoms with Crippen LogP contribution in [0, 0.1) is 5.53 Å². The number of hydrogen-bond acceptors (Lipinski definition) is 6. The van der Waals surface area contributed by atoms with Crippen LogP contribution in [-0.4, -0.2) is 51.2 Å². The zero-order valence-corrected chi connectivity index (χ0v) is 11.6. The minimum Gasteiger partial charge on any atom is -0.480 e. The van der Waals surface area contributed by atoms with E-state index in [-0.39, 0.29) is 6.67 Å². The molecule has 1 heterocycles. The van der Waals surface area contributed by atoms with Gasteiger partial charge >= 0.3 is 5.97 Å². The second-order valence-corrected chi connectivity index (χ2v) is 4.23. The lowest BCUT2D eigenvalue weighted by atomic mass is 10.1. The predicted molar refractivity (Wildman–Crippen MR) is 77.1 cm³/mol. The molecular weight excluding hydrogens is 272 g/mol. The SMILES string of the molecule is N=[N+](CN)CCC[C@H](N=C/C=C/c1ccncn1)C(=O)O. The van der Waals surface area contributed by atoms with Crippen LogP contribution in [0.3, 0.4) is 0 Å². The van der Waals surface area contributed by atoms with Crippen molar-refractivity contribution in [2.45, 2.75) is 18.9 Å². The van der Waals surface area contributed by atoms with E-state index in [0.29, 0.717) is 19.4 Å². The number of hydrogen-bond donors (Lipinski definition) is 3. The summed E-state index contributed by atoms with van der Waals surface area (Å²) in [5.74, 6) is -0.981. The molecule has 1 aromatic heterocycles. The van der Waals surface area contributed by atoms with Crippen molar-refractivity contribution >= 4 is 18.3 Å². The van der Waals surface area contributed by atoms with Crippen molar-refractivity contribution in [3.05, 3.63) is 30.4 Å². The van der Waals surface area contributed by atoms with Crippen molar-refractivity contribution < 1.29 is 14.6 Å². The van der Waals surface area contributed by atoms with Crippen LogP contribution in [0.4, 0.5) is 0 Å². The Bertz CT molecular complexity index is 515. The number of allylic oxidation sites excluding steroid dienone is 1. The first-order valence-corrected chi connectivity index (χ1v) is 6.48. The number of carbonyl (C=O) groups is 1. The van der Waals surface area contributed by atoms with Crippen molar-refractivity contribution in [3.8, 4) is 0 Å². The molecular formula is C13H19N6O2+. The molecule has 0 bridgehead atoms. The van der Waals surface area contributed by atoms with Gasteiger partial charge in [-0.05, 0) is 24.6 Å². The Morgan fingerprint density at radius 3 is 3.05 bits per heavy atom.